The van der Waals surface area contributed by atoms with Crippen LogP contribution in [0.3, 0.4) is 0 Å². The molecule has 180 valence electrons. The Hall–Kier alpha value is -2.13. The van der Waals surface area contributed by atoms with Crippen molar-refractivity contribution in [3.05, 3.63) is 28.8 Å². The Morgan fingerprint density at radius 2 is 1.81 bits per heavy atom. The van der Waals surface area contributed by atoms with E-state index in [-0.39, 0.29) is 36.0 Å². The summed E-state index contributed by atoms with van der Waals surface area (Å²) in [5.74, 6) is -4.37. The monoisotopic (exact) mass is 475 g/mol. The Bertz CT molecular complexity index is 822. The molecule has 0 saturated carbocycles. The Labute approximate surface area is 192 Å². The predicted molar refractivity (Wildman–Crippen MR) is 118 cm³/mol. The number of amides is 2. The number of halogens is 3. The van der Waals surface area contributed by atoms with Crippen LogP contribution in [0, 0.1) is 0 Å². The summed E-state index contributed by atoms with van der Waals surface area (Å²) in [6.45, 7) is 9.17. The van der Waals surface area contributed by atoms with Gasteiger partial charge in [-0.25, -0.2) is 4.79 Å². The van der Waals surface area contributed by atoms with E-state index in [0.717, 1.165) is 12.1 Å². The standard InChI is InChI=1S/C22H32ClF2N3O4/c1-13(2)31-17-12-14(6-7-16(17)23)22(24,25)18(26)19(29)28-10-8-15(9-11-28)27-20(30)32-21(3,4)5/h6-7,12-13,15,18H,8-11,26H2,1-5H3,(H,27,30). The van der Waals surface area contributed by atoms with Gasteiger partial charge in [-0.3, -0.25) is 4.79 Å². The molecule has 0 radical (unpaired) electrons. The molecule has 2 amide bonds. The van der Waals surface area contributed by atoms with Gasteiger partial charge in [-0.05, 0) is 59.6 Å². The van der Waals surface area contributed by atoms with Gasteiger partial charge in [0.05, 0.1) is 11.1 Å². The van der Waals surface area contributed by atoms with Gasteiger partial charge >= 0.3 is 6.09 Å². The number of benzene rings is 1. The van der Waals surface area contributed by atoms with Crippen LogP contribution >= 0.6 is 11.6 Å². The number of carbonyl (C=O) groups excluding carboxylic acids is 2. The second-order valence-electron chi connectivity index (χ2n) is 9.16. The Kier molecular flexibility index (Phi) is 8.33. The fraction of sp³-hybridized carbons (Fsp3) is 0.636. The van der Waals surface area contributed by atoms with Gasteiger partial charge in [0.15, 0.2) is 6.04 Å². The van der Waals surface area contributed by atoms with Gasteiger partial charge in [0.2, 0.25) is 5.91 Å². The largest absolute Gasteiger partial charge is 0.489 e. The molecule has 0 bridgehead atoms. The Morgan fingerprint density at radius 1 is 1.22 bits per heavy atom. The quantitative estimate of drug-likeness (QED) is 0.647. The fourth-order valence-electron chi connectivity index (χ4n) is 3.30. The van der Waals surface area contributed by atoms with Crippen LogP contribution in [0.15, 0.2) is 18.2 Å². The van der Waals surface area contributed by atoms with E-state index in [1.54, 1.807) is 34.6 Å². The number of nitrogens with one attached hydrogen (secondary N) is 1. The maximum Gasteiger partial charge on any atom is 0.407 e. The summed E-state index contributed by atoms with van der Waals surface area (Å²) in [5.41, 5.74) is 4.66. The Morgan fingerprint density at radius 3 is 2.34 bits per heavy atom. The van der Waals surface area contributed by atoms with E-state index in [4.69, 9.17) is 26.8 Å². The molecule has 0 spiro atoms. The first-order valence-electron chi connectivity index (χ1n) is 10.6. The first-order chi connectivity index (χ1) is 14.7. The molecule has 1 atom stereocenters. The van der Waals surface area contributed by atoms with Crippen molar-refractivity contribution in [1.82, 2.24) is 10.2 Å². The third kappa shape index (κ3) is 6.93. The molecule has 1 aromatic carbocycles. The van der Waals surface area contributed by atoms with Crippen molar-refractivity contribution in [2.45, 2.75) is 77.2 Å². The maximum atomic E-state index is 15.1. The predicted octanol–water partition coefficient (Wildman–Crippen LogP) is 4.06. The average molecular weight is 476 g/mol. The van der Waals surface area contributed by atoms with Crippen molar-refractivity contribution in [1.29, 1.82) is 0 Å². The molecule has 1 saturated heterocycles. The van der Waals surface area contributed by atoms with Gasteiger partial charge in [-0.2, -0.15) is 8.78 Å². The molecule has 1 aliphatic rings. The molecule has 10 heteroatoms. The first kappa shape index (κ1) is 26.1. The lowest BCUT2D eigenvalue weighted by atomic mass is 9.98. The lowest BCUT2D eigenvalue weighted by Crippen LogP contribution is -2.55. The number of alkyl carbamates (subject to hydrolysis) is 1. The van der Waals surface area contributed by atoms with E-state index in [0.29, 0.717) is 12.8 Å². The van der Waals surface area contributed by atoms with Crippen LogP contribution in [-0.2, 0) is 15.5 Å². The minimum Gasteiger partial charge on any atom is -0.489 e. The molecule has 2 rings (SSSR count). The molecule has 7 nitrogen and oxygen atoms in total. The number of piperidine rings is 1. The summed E-state index contributed by atoms with van der Waals surface area (Å²) < 4.78 is 40.8. The SMILES string of the molecule is CC(C)Oc1cc(C(F)(F)C(N)C(=O)N2CCC(NC(=O)OC(C)(C)C)CC2)ccc1Cl. The minimum atomic E-state index is -3.62. The highest BCUT2D eigenvalue weighted by atomic mass is 35.5. The van der Waals surface area contributed by atoms with Gasteiger partial charge in [0, 0.05) is 24.7 Å². The van der Waals surface area contributed by atoms with Crippen LogP contribution in [0.4, 0.5) is 13.6 Å². The molecule has 1 aliphatic heterocycles. The summed E-state index contributed by atoms with van der Waals surface area (Å²) in [5, 5.41) is 2.93. The van der Waals surface area contributed by atoms with Gasteiger partial charge < -0.3 is 25.4 Å². The molecule has 3 N–H and O–H groups in total. The molecule has 32 heavy (non-hydrogen) atoms. The summed E-state index contributed by atoms with van der Waals surface area (Å²) in [6.07, 6.45) is 0.0163. The van der Waals surface area contributed by atoms with Crippen molar-refractivity contribution in [3.8, 4) is 5.75 Å². The zero-order valence-corrected chi connectivity index (χ0v) is 19.8. The maximum absolute atomic E-state index is 15.1. The van der Waals surface area contributed by atoms with Crippen LogP contribution in [-0.4, -0.2) is 53.8 Å². The fourth-order valence-corrected chi connectivity index (χ4v) is 3.47. The van der Waals surface area contributed by atoms with Gasteiger partial charge in [0.25, 0.3) is 5.92 Å². The highest BCUT2D eigenvalue weighted by Crippen LogP contribution is 2.37. The van der Waals surface area contributed by atoms with E-state index in [1.807, 2.05) is 0 Å². The van der Waals surface area contributed by atoms with Crippen LogP contribution in [0.2, 0.25) is 5.02 Å². The third-order valence-corrected chi connectivity index (χ3v) is 5.18. The number of carbonyl (C=O) groups is 2. The number of ether oxygens (including phenoxy) is 2. The molecular weight excluding hydrogens is 444 g/mol. The van der Waals surface area contributed by atoms with Gasteiger partial charge in [-0.15, -0.1) is 0 Å². The smallest absolute Gasteiger partial charge is 0.407 e. The average Bonchev–Trinajstić information content (AvgIpc) is 2.67. The molecule has 0 aromatic heterocycles. The van der Waals surface area contributed by atoms with Crippen molar-refractivity contribution in [3.63, 3.8) is 0 Å². The van der Waals surface area contributed by atoms with Crippen LogP contribution in [0.5, 0.6) is 5.75 Å². The minimum absolute atomic E-state index is 0.104. The van der Waals surface area contributed by atoms with E-state index in [9.17, 15) is 9.59 Å². The lowest BCUT2D eigenvalue weighted by Gasteiger charge is -2.35. The van der Waals surface area contributed by atoms with E-state index in [1.165, 1.54) is 11.0 Å². The third-order valence-electron chi connectivity index (χ3n) is 4.86. The summed E-state index contributed by atoms with van der Waals surface area (Å²) in [4.78, 5) is 25.9. The molecule has 1 aromatic rings. The number of hydrogen-bond donors (Lipinski definition) is 2. The van der Waals surface area contributed by atoms with E-state index >= 15 is 8.78 Å². The van der Waals surface area contributed by atoms with E-state index < -0.39 is 35.1 Å². The van der Waals surface area contributed by atoms with Crippen molar-refractivity contribution >= 4 is 23.6 Å². The van der Waals surface area contributed by atoms with Crippen LogP contribution in [0.1, 0.15) is 53.0 Å². The lowest BCUT2D eigenvalue weighted by molar-refractivity contribution is -0.144. The number of rotatable bonds is 6. The zero-order valence-electron chi connectivity index (χ0n) is 19.1. The Balaban J connectivity index is 2.01. The summed E-state index contributed by atoms with van der Waals surface area (Å²) in [7, 11) is 0. The molecule has 1 fully saturated rings. The molecular formula is C22H32ClF2N3O4. The second-order valence-corrected chi connectivity index (χ2v) is 9.57. The molecule has 0 aliphatic carbocycles. The number of hydrogen-bond acceptors (Lipinski definition) is 5. The highest BCUT2D eigenvalue weighted by molar-refractivity contribution is 6.32. The van der Waals surface area contributed by atoms with E-state index in [2.05, 4.69) is 5.32 Å². The van der Waals surface area contributed by atoms with Gasteiger partial charge in [0.1, 0.15) is 11.4 Å². The first-order valence-corrected chi connectivity index (χ1v) is 11.0. The van der Waals surface area contributed by atoms with Crippen molar-refractivity contribution in [2.75, 3.05) is 13.1 Å². The second kappa shape index (κ2) is 10.2. The molecule has 1 unspecified atom stereocenters. The van der Waals surface area contributed by atoms with Gasteiger partial charge in [-0.1, -0.05) is 17.7 Å². The van der Waals surface area contributed by atoms with Crippen LogP contribution < -0.4 is 15.8 Å². The summed E-state index contributed by atoms with van der Waals surface area (Å²) in [6, 6.07) is 1.28. The number of nitrogens with zero attached hydrogens (tertiary/aromatic N) is 1. The van der Waals surface area contributed by atoms with Crippen molar-refractivity contribution in [2.24, 2.45) is 5.73 Å². The van der Waals surface area contributed by atoms with Crippen LogP contribution in [0.25, 0.3) is 0 Å². The topological polar surface area (TPSA) is 93.9 Å². The van der Waals surface area contributed by atoms with Crippen molar-refractivity contribution < 1.29 is 27.8 Å². The summed E-state index contributed by atoms with van der Waals surface area (Å²) >= 11 is 6.02. The highest BCUT2D eigenvalue weighted by Gasteiger charge is 2.46. The zero-order chi connectivity index (χ0) is 24.3. The molecule has 1 heterocycles. The number of alkyl halides is 2. The number of likely N-dealkylation sites (tertiary alicyclic amines) is 1. The normalized spacial score (nSPS) is 16.6. The number of nitrogens with two attached hydrogens (primary N) is 1.